The van der Waals surface area contributed by atoms with Gasteiger partial charge in [-0.2, -0.15) is 0 Å². The normalized spacial score (nSPS) is 16.7. The van der Waals surface area contributed by atoms with Crippen LogP contribution in [0.1, 0.15) is 85.6 Å². The van der Waals surface area contributed by atoms with Crippen LogP contribution in [0.3, 0.4) is 0 Å². The number of unbranched alkanes of at least 4 members (excludes halogenated alkanes) is 1. The van der Waals surface area contributed by atoms with Crippen LogP contribution in [0.15, 0.2) is 54.1 Å². The van der Waals surface area contributed by atoms with E-state index in [0.717, 1.165) is 29.7 Å². The van der Waals surface area contributed by atoms with Gasteiger partial charge in [0.15, 0.2) is 5.13 Å². The SMILES string of the molecule is CCCCOc1ccc(C(O)=C2C(=O)C(=O)N(c3nc(C)c(C(=O)OCC)s3)C2c2ccc(C(C)(C)C)cc2)cc1. The first-order valence-electron chi connectivity index (χ1n) is 13.8. The molecule has 2 heterocycles. The molecule has 1 atom stereocenters. The maximum absolute atomic E-state index is 13.5. The molecule has 0 saturated carbocycles. The lowest BCUT2D eigenvalue weighted by molar-refractivity contribution is -0.132. The van der Waals surface area contributed by atoms with Crippen LogP contribution in [0.25, 0.3) is 5.76 Å². The fourth-order valence-corrected chi connectivity index (χ4v) is 5.57. The predicted molar refractivity (Wildman–Crippen MR) is 160 cm³/mol. The van der Waals surface area contributed by atoms with Crippen molar-refractivity contribution in [1.29, 1.82) is 0 Å². The molecule has 2 aromatic carbocycles. The second kappa shape index (κ2) is 12.3. The molecule has 216 valence electrons. The standard InChI is InChI=1S/C32H36N2O6S/c1-7-9-18-40-23-16-12-21(13-17-23)26(35)24-25(20-10-14-22(15-11-20)32(4,5)6)34(29(37)27(24)36)31-33-19(3)28(41-31)30(38)39-8-2/h10-17,25,35H,7-9,18H2,1-6H3. The first-order valence-corrected chi connectivity index (χ1v) is 14.6. The number of hydrogen-bond acceptors (Lipinski definition) is 8. The Kier molecular flexibility index (Phi) is 8.97. The summed E-state index contributed by atoms with van der Waals surface area (Å²) in [5.74, 6) is -1.86. The molecule has 1 amide bonds. The Morgan fingerprint density at radius 1 is 1.05 bits per heavy atom. The zero-order valence-electron chi connectivity index (χ0n) is 24.3. The summed E-state index contributed by atoms with van der Waals surface area (Å²) in [7, 11) is 0. The minimum atomic E-state index is -0.954. The second-order valence-corrected chi connectivity index (χ2v) is 11.9. The first-order chi connectivity index (χ1) is 19.5. The van der Waals surface area contributed by atoms with Crippen LogP contribution in [0, 0.1) is 6.92 Å². The van der Waals surface area contributed by atoms with E-state index in [1.165, 1.54) is 4.90 Å². The highest BCUT2D eigenvalue weighted by molar-refractivity contribution is 7.17. The Hall–Kier alpha value is -3.98. The third kappa shape index (κ3) is 6.20. The molecule has 1 fully saturated rings. The van der Waals surface area contributed by atoms with E-state index < -0.39 is 23.7 Å². The lowest BCUT2D eigenvalue weighted by Crippen LogP contribution is -2.29. The van der Waals surface area contributed by atoms with Gasteiger partial charge in [-0.25, -0.2) is 9.78 Å². The fraction of sp³-hybridized carbons (Fsp3) is 0.375. The van der Waals surface area contributed by atoms with Gasteiger partial charge in [0.05, 0.1) is 30.5 Å². The molecule has 8 nitrogen and oxygen atoms in total. The molecule has 1 unspecified atom stereocenters. The largest absolute Gasteiger partial charge is 0.507 e. The van der Waals surface area contributed by atoms with Gasteiger partial charge in [-0.15, -0.1) is 0 Å². The monoisotopic (exact) mass is 576 g/mol. The molecule has 0 spiro atoms. The number of carbonyl (C=O) groups excluding carboxylic acids is 3. The van der Waals surface area contributed by atoms with Crippen molar-refractivity contribution in [2.24, 2.45) is 0 Å². The number of ketones is 1. The summed E-state index contributed by atoms with van der Waals surface area (Å²) in [6, 6.07) is 13.4. The lowest BCUT2D eigenvalue weighted by atomic mass is 9.85. The Balaban J connectivity index is 1.83. The smallest absolute Gasteiger partial charge is 0.350 e. The van der Waals surface area contributed by atoms with Crippen LogP contribution in [0.5, 0.6) is 5.75 Å². The highest BCUT2D eigenvalue weighted by Crippen LogP contribution is 2.44. The second-order valence-electron chi connectivity index (χ2n) is 10.9. The molecule has 41 heavy (non-hydrogen) atoms. The summed E-state index contributed by atoms with van der Waals surface area (Å²) in [4.78, 5) is 45.6. The molecular weight excluding hydrogens is 540 g/mol. The zero-order chi connectivity index (χ0) is 29.9. The fourth-order valence-electron chi connectivity index (χ4n) is 4.58. The molecule has 1 aliphatic rings. The van der Waals surface area contributed by atoms with Gasteiger partial charge >= 0.3 is 11.9 Å². The first kappa shape index (κ1) is 30.0. The average Bonchev–Trinajstić information content (AvgIpc) is 3.45. The van der Waals surface area contributed by atoms with E-state index in [-0.39, 0.29) is 33.4 Å². The molecule has 9 heteroatoms. The van der Waals surface area contributed by atoms with E-state index in [1.807, 2.05) is 24.3 Å². The van der Waals surface area contributed by atoms with Crippen molar-refractivity contribution < 1.29 is 29.0 Å². The van der Waals surface area contributed by atoms with Crippen molar-refractivity contribution in [2.45, 2.75) is 65.8 Å². The van der Waals surface area contributed by atoms with E-state index in [1.54, 1.807) is 38.1 Å². The number of anilines is 1. The van der Waals surface area contributed by atoms with E-state index in [9.17, 15) is 19.5 Å². The summed E-state index contributed by atoms with van der Waals surface area (Å²) in [6.07, 6.45) is 1.93. The molecule has 1 aromatic heterocycles. The number of amides is 1. The number of aliphatic hydroxyl groups excluding tert-OH is 1. The molecule has 1 N–H and O–H groups in total. The number of aliphatic hydroxyl groups is 1. The van der Waals surface area contributed by atoms with E-state index in [2.05, 4.69) is 32.7 Å². The van der Waals surface area contributed by atoms with Crippen molar-refractivity contribution in [3.8, 4) is 5.75 Å². The van der Waals surface area contributed by atoms with Gasteiger partial charge in [0.2, 0.25) is 0 Å². The van der Waals surface area contributed by atoms with Crippen LogP contribution in [0.2, 0.25) is 0 Å². The maximum Gasteiger partial charge on any atom is 0.350 e. The Bertz CT molecular complexity index is 1470. The molecule has 3 aromatic rings. The van der Waals surface area contributed by atoms with Gasteiger partial charge in [-0.05, 0) is 61.1 Å². The Morgan fingerprint density at radius 2 is 1.71 bits per heavy atom. The Morgan fingerprint density at radius 3 is 2.29 bits per heavy atom. The number of Topliss-reactive ketones (excluding diaryl/α,β-unsaturated/α-hetero) is 1. The minimum absolute atomic E-state index is 0.0521. The number of hydrogen-bond donors (Lipinski definition) is 1. The quantitative estimate of drug-likeness (QED) is 0.0990. The molecule has 0 bridgehead atoms. The minimum Gasteiger partial charge on any atom is -0.507 e. The third-order valence-electron chi connectivity index (χ3n) is 6.88. The van der Waals surface area contributed by atoms with Crippen LogP contribution in [-0.2, 0) is 19.7 Å². The molecule has 1 aliphatic heterocycles. The summed E-state index contributed by atoms with van der Waals surface area (Å²) >= 11 is 0.984. The van der Waals surface area contributed by atoms with Gasteiger partial charge in [-0.1, -0.05) is 69.7 Å². The van der Waals surface area contributed by atoms with Crippen LogP contribution >= 0.6 is 11.3 Å². The number of aryl methyl sites for hydroxylation is 1. The van der Waals surface area contributed by atoms with Gasteiger partial charge in [-0.3, -0.25) is 14.5 Å². The number of nitrogens with zero attached hydrogens (tertiary/aromatic N) is 2. The van der Waals surface area contributed by atoms with Crippen molar-refractivity contribution in [2.75, 3.05) is 18.1 Å². The maximum atomic E-state index is 13.5. The van der Waals surface area contributed by atoms with Crippen LogP contribution in [0.4, 0.5) is 5.13 Å². The topological polar surface area (TPSA) is 106 Å². The van der Waals surface area contributed by atoms with E-state index >= 15 is 0 Å². The summed E-state index contributed by atoms with van der Waals surface area (Å²) in [6.45, 7) is 12.5. The number of aromatic nitrogens is 1. The highest BCUT2D eigenvalue weighted by atomic mass is 32.1. The molecular formula is C32H36N2O6S. The van der Waals surface area contributed by atoms with E-state index in [4.69, 9.17) is 9.47 Å². The van der Waals surface area contributed by atoms with Crippen molar-refractivity contribution in [3.63, 3.8) is 0 Å². The summed E-state index contributed by atoms with van der Waals surface area (Å²) in [5, 5.41) is 11.6. The predicted octanol–water partition coefficient (Wildman–Crippen LogP) is 6.73. The number of thiazole rings is 1. The van der Waals surface area contributed by atoms with Crippen molar-refractivity contribution in [1.82, 2.24) is 4.98 Å². The summed E-state index contributed by atoms with van der Waals surface area (Å²) in [5.41, 5.74) is 2.32. The van der Waals surface area contributed by atoms with Crippen molar-refractivity contribution in [3.05, 3.63) is 81.4 Å². The number of benzene rings is 2. The van der Waals surface area contributed by atoms with Gasteiger partial charge in [0, 0.05) is 5.56 Å². The number of ether oxygens (including phenoxy) is 2. The molecule has 0 aliphatic carbocycles. The molecule has 0 radical (unpaired) electrons. The number of rotatable bonds is 9. The third-order valence-corrected chi connectivity index (χ3v) is 8.02. The molecule has 4 rings (SSSR count). The molecule has 1 saturated heterocycles. The number of esters is 1. The Labute approximate surface area is 244 Å². The average molecular weight is 577 g/mol. The highest BCUT2D eigenvalue weighted by Gasteiger charge is 2.48. The lowest BCUT2D eigenvalue weighted by Gasteiger charge is -2.24. The zero-order valence-corrected chi connectivity index (χ0v) is 25.1. The number of carbonyl (C=O) groups is 3. The summed E-state index contributed by atoms with van der Waals surface area (Å²) < 4.78 is 10.9. The van der Waals surface area contributed by atoms with Gasteiger partial charge in [0.25, 0.3) is 5.78 Å². The van der Waals surface area contributed by atoms with Gasteiger partial charge < -0.3 is 14.6 Å². The van der Waals surface area contributed by atoms with E-state index in [0.29, 0.717) is 29.2 Å². The van der Waals surface area contributed by atoms with Crippen LogP contribution < -0.4 is 9.64 Å². The van der Waals surface area contributed by atoms with Gasteiger partial charge in [0.1, 0.15) is 16.4 Å². The van der Waals surface area contributed by atoms with Crippen LogP contribution in [-0.4, -0.2) is 41.0 Å². The van der Waals surface area contributed by atoms with Crippen molar-refractivity contribution >= 4 is 39.9 Å².